The highest BCUT2D eigenvalue weighted by Gasteiger charge is 2.10. The average Bonchev–Trinajstić information content (AvgIpc) is 2.19. The number of aromatic nitrogens is 2. The van der Waals surface area contributed by atoms with E-state index in [4.69, 9.17) is 0 Å². The molecule has 1 aromatic heterocycles. The highest BCUT2D eigenvalue weighted by Crippen LogP contribution is 2.06. The van der Waals surface area contributed by atoms with Crippen LogP contribution < -0.4 is 15.9 Å². The number of nitrogens with one attached hydrogen (secondary N) is 2. The Labute approximate surface area is 87.9 Å². The van der Waals surface area contributed by atoms with Crippen LogP contribution in [0.4, 0.5) is 5.82 Å². The lowest BCUT2D eigenvalue weighted by molar-refractivity contribution is 0.584. The van der Waals surface area contributed by atoms with Gasteiger partial charge in [-0.25, -0.2) is 9.78 Å². The molecule has 0 bridgehead atoms. The fourth-order valence-corrected chi connectivity index (χ4v) is 1.45. The lowest BCUT2D eigenvalue weighted by Crippen LogP contribution is -2.44. The largest absolute Gasteiger partial charge is 0.355 e. The molecule has 1 fully saturated rings. The number of H-pyrrole nitrogens is 1. The second kappa shape index (κ2) is 4.97. The van der Waals surface area contributed by atoms with Gasteiger partial charge in [-0.15, -0.1) is 12.4 Å². The van der Waals surface area contributed by atoms with Crippen molar-refractivity contribution in [1.29, 1.82) is 0 Å². The SMILES string of the molecule is Cl.O=c1nccc(N2CCNCC2)[nH]1. The molecule has 5 nitrogen and oxygen atoms in total. The number of aromatic amines is 1. The molecule has 0 aromatic carbocycles. The van der Waals surface area contributed by atoms with Crippen molar-refractivity contribution in [2.45, 2.75) is 0 Å². The summed E-state index contributed by atoms with van der Waals surface area (Å²) in [6.45, 7) is 3.79. The van der Waals surface area contributed by atoms with E-state index < -0.39 is 0 Å². The van der Waals surface area contributed by atoms with E-state index in [1.165, 1.54) is 6.20 Å². The van der Waals surface area contributed by atoms with Crippen molar-refractivity contribution < 1.29 is 0 Å². The Balaban J connectivity index is 0.000000980. The number of piperazine rings is 1. The Morgan fingerprint density at radius 3 is 2.71 bits per heavy atom. The van der Waals surface area contributed by atoms with E-state index in [9.17, 15) is 4.79 Å². The first-order chi connectivity index (χ1) is 6.36. The maximum Gasteiger partial charge on any atom is 0.346 e. The van der Waals surface area contributed by atoms with E-state index in [1.54, 1.807) is 0 Å². The van der Waals surface area contributed by atoms with Crippen molar-refractivity contribution in [2.75, 3.05) is 31.1 Å². The fraction of sp³-hybridized carbons (Fsp3) is 0.500. The Kier molecular flexibility index (Phi) is 3.91. The molecule has 2 N–H and O–H groups in total. The summed E-state index contributed by atoms with van der Waals surface area (Å²) in [6, 6.07) is 1.83. The zero-order valence-corrected chi connectivity index (χ0v) is 8.51. The molecule has 6 heteroatoms. The molecular weight excluding hydrogens is 204 g/mol. The molecule has 0 atom stereocenters. The number of anilines is 1. The first-order valence-corrected chi connectivity index (χ1v) is 4.37. The second-order valence-corrected chi connectivity index (χ2v) is 3.00. The maximum atomic E-state index is 10.9. The quantitative estimate of drug-likeness (QED) is 0.671. The van der Waals surface area contributed by atoms with E-state index in [0.29, 0.717) is 0 Å². The summed E-state index contributed by atoms with van der Waals surface area (Å²) < 4.78 is 0. The van der Waals surface area contributed by atoms with Gasteiger partial charge in [0.15, 0.2) is 0 Å². The number of hydrogen-bond donors (Lipinski definition) is 2. The second-order valence-electron chi connectivity index (χ2n) is 3.00. The summed E-state index contributed by atoms with van der Waals surface area (Å²) in [6.07, 6.45) is 1.54. The normalized spacial score (nSPS) is 16.1. The molecule has 0 unspecified atom stereocenters. The molecule has 1 saturated heterocycles. The molecule has 0 aliphatic carbocycles. The fourth-order valence-electron chi connectivity index (χ4n) is 1.45. The van der Waals surface area contributed by atoms with Crippen LogP contribution in [0.1, 0.15) is 0 Å². The van der Waals surface area contributed by atoms with Crippen molar-refractivity contribution in [3.05, 3.63) is 22.7 Å². The van der Waals surface area contributed by atoms with Crippen LogP contribution in [0.3, 0.4) is 0 Å². The van der Waals surface area contributed by atoms with Crippen LogP contribution in [-0.2, 0) is 0 Å². The van der Waals surface area contributed by atoms with Crippen molar-refractivity contribution in [2.24, 2.45) is 0 Å². The molecule has 2 heterocycles. The zero-order valence-electron chi connectivity index (χ0n) is 7.69. The predicted octanol–water partition coefficient (Wildman–Crippen LogP) is -0.399. The van der Waals surface area contributed by atoms with Gasteiger partial charge >= 0.3 is 5.69 Å². The number of hydrogen-bond acceptors (Lipinski definition) is 4. The van der Waals surface area contributed by atoms with Gasteiger partial charge in [0.2, 0.25) is 0 Å². The highest BCUT2D eigenvalue weighted by atomic mass is 35.5. The van der Waals surface area contributed by atoms with Gasteiger partial charge < -0.3 is 10.2 Å². The predicted molar refractivity (Wildman–Crippen MR) is 57.2 cm³/mol. The summed E-state index contributed by atoms with van der Waals surface area (Å²) in [4.78, 5) is 19.4. The summed E-state index contributed by atoms with van der Waals surface area (Å²) in [5.41, 5.74) is -0.281. The Hall–Kier alpha value is -1.07. The average molecular weight is 217 g/mol. The minimum Gasteiger partial charge on any atom is -0.355 e. The summed E-state index contributed by atoms with van der Waals surface area (Å²) in [5, 5.41) is 3.25. The van der Waals surface area contributed by atoms with E-state index in [2.05, 4.69) is 20.2 Å². The standard InChI is InChI=1S/C8H12N4O.ClH/c13-8-10-2-1-7(11-8)12-5-3-9-4-6-12;/h1-2,9H,3-6H2,(H,10,11,13);1H. The van der Waals surface area contributed by atoms with Crippen LogP contribution in [-0.4, -0.2) is 36.1 Å². The van der Waals surface area contributed by atoms with Gasteiger partial charge in [-0.05, 0) is 6.07 Å². The monoisotopic (exact) mass is 216 g/mol. The Bertz CT molecular complexity index is 334. The van der Waals surface area contributed by atoms with Crippen LogP contribution in [0.5, 0.6) is 0 Å². The van der Waals surface area contributed by atoms with Crippen LogP contribution >= 0.6 is 12.4 Å². The first kappa shape index (κ1) is 11.0. The molecule has 0 amide bonds. The van der Waals surface area contributed by atoms with E-state index in [-0.39, 0.29) is 18.1 Å². The molecule has 0 radical (unpaired) electrons. The van der Waals surface area contributed by atoms with Crippen molar-refractivity contribution in [3.8, 4) is 0 Å². The zero-order chi connectivity index (χ0) is 9.10. The van der Waals surface area contributed by atoms with Gasteiger partial charge in [-0.2, -0.15) is 0 Å². The number of nitrogens with zero attached hydrogens (tertiary/aromatic N) is 2. The van der Waals surface area contributed by atoms with Gasteiger partial charge in [0.25, 0.3) is 0 Å². The van der Waals surface area contributed by atoms with Gasteiger partial charge in [0.1, 0.15) is 5.82 Å². The molecule has 14 heavy (non-hydrogen) atoms. The van der Waals surface area contributed by atoms with E-state index in [0.717, 1.165) is 32.0 Å². The maximum absolute atomic E-state index is 10.9. The lowest BCUT2D eigenvalue weighted by atomic mass is 10.3. The molecule has 2 rings (SSSR count). The van der Waals surface area contributed by atoms with Crippen LogP contribution in [0, 0.1) is 0 Å². The number of halogens is 1. The molecule has 78 valence electrons. The smallest absolute Gasteiger partial charge is 0.346 e. The Morgan fingerprint density at radius 1 is 1.36 bits per heavy atom. The van der Waals surface area contributed by atoms with Crippen LogP contribution in [0.15, 0.2) is 17.1 Å². The third-order valence-electron chi connectivity index (χ3n) is 2.12. The molecular formula is C8H13ClN4O. The van der Waals surface area contributed by atoms with Crippen molar-refractivity contribution in [3.63, 3.8) is 0 Å². The van der Waals surface area contributed by atoms with Crippen LogP contribution in [0.2, 0.25) is 0 Å². The Morgan fingerprint density at radius 2 is 2.07 bits per heavy atom. The summed E-state index contributed by atoms with van der Waals surface area (Å²) >= 11 is 0. The molecule has 0 spiro atoms. The third-order valence-corrected chi connectivity index (χ3v) is 2.12. The summed E-state index contributed by atoms with van der Waals surface area (Å²) in [5.74, 6) is 0.862. The van der Waals surface area contributed by atoms with Crippen molar-refractivity contribution >= 4 is 18.2 Å². The van der Waals surface area contributed by atoms with Gasteiger partial charge in [0, 0.05) is 32.4 Å². The van der Waals surface area contributed by atoms with Crippen LogP contribution in [0.25, 0.3) is 0 Å². The number of rotatable bonds is 1. The minimum atomic E-state index is -0.281. The molecule has 1 aromatic rings. The van der Waals surface area contributed by atoms with E-state index in [1.807, 2.05) is 6.07 Å². The lowest BCUT2D eigenvalue weighted by Gasteiger charge is -2.28. The van der Waals surface area contributed by atoms with Gasteiger partial charge in [0.05, 0.1) is 0 Å². The highest BCUT2D eigenvalue weighted by molar-refractivity contribution is 5.85. The topological polar surface area (TPSA) is 61.0 Å². The first-order valence-electron chi connectivity index (χ1n) is 4.37. The van der Waals surface area contributed by atoms with Gasteiger partial charge in [-0.3, -0.25) is 4.98 Å². The molecule has 0 saturated carbocycles. The van der Waals surface area contributed by atoms with Crippen molar-refractivity contribution in [1.82, 2.24) is 15.3 Å². The summed E-state index contributed by atoms with van der Waals surface area (Å²) in [7, 11) is 0. The van der Waals surface area contributed by atoms with Gasteiger partial charge in [-0.1, -0.05) is 0 Å². The van der Waals surface area contributed by atoms with E-state index >= 15 is 0 Å². The third kappa shape index (κ3) is 2.46. The molecule has 1 aliphatic rings. The molecule has 1 aliphatic heterocycles. The minimum absolute atomic E-state index is 0.